The van der Waals surface area contributed by atoms with Gasteiger partial charge in [-0.25, -0.2) is 13.4 Å². The van der Waals surface area contributed by atoms with Crippen LogP contribution >= 0.6 is 11.6 Å². The van der Waals surface area contributed by atoms with Crippen molar-refractivity contribution in [3.05, 3.63) is 58.5 Å². The van der Waals surface area contributed by atoms with E-state index >= 15 is 0 Å². The van der Waals surface area contributed by atoms with Crippen LogP contribution in [0.4, 0.5) is 11.8 Å². The van der Waals surface area contributed by atoms with Gasteiger partial charge in [-0.15, -0.1) is 10.2 Å². The molecule has 2 aromatic heterocycles. The lowest BCUT2D eigenvalue weighted by Gasteiger charge is -2.60. The first-order valence-corrected chi connectivity index (χ1v) is 14.1. The molecule has 10 nitrogen and oxygen atoms in total. The number of sulfone groups is 1. The summed E-state index contributed by atoms with van der Waals surface area (Å²) in [6.07, 6.45) is 1.68. The number of pyridine rings is 1. The summed E-state index contributed by atoms with van der Waals surface area (Å²) in [6, 6.07) is 11.6. The van der Waals surface area contributed by atoms with Crippen molar-refractivity contribution in [2.75, 3.05) is 47.5 Å². The van der Waals surface area contributed by atoms with Crippen LogP contribution in [0.15, 0.2) is 36.5 Å². The summed E-state index contributed by atoms with van der Waals surface area (Å²) in [5.41, 5.74) is 2.83. The fourth-order valence-corrected chi connectivity index (χ4v) is 7.61. The Morgan fingerprint density at radius 2 is 1.81 bits per heavy atom. The monoisotopic (exact) mass is 522 g/mol. The van der Waals surface area contributed by atoms with Gasteiger partial charge in [-0.3, -0.25) is 9.47 Å². The smallest absolute Gasteiger partial charge is 0.231 e. The molecule has 1 aromatic carbocycles. The summed E-state index contributed by atoms with van der Waals surface area (Å²) in [7, 11) is -2.94. The number of rotatable bonds is 3. The van der Waals surface area contributed by atoms with Gasteiger partial charge in [0.05, 0.1) is 35.4 Å². The van der Waals surface area contributed by atoms with Gasteiger partial charge in [0.25, 0.3) is 0 Å². The van der Waals surface area contributed by atoms with Crippen molar-refractivity contribution in [3.63, 3.8) is 0 Å². The average Bonchev–Trinajstić information content (AvgIpc) is 3.11. The second-order valence-electron chi connectivity index (χ2n) is 10.4. The van der Waals surface area contributed by atoms with E-state index in [0.717, 1.165) is 55.0 Å². The predicted octanol–water partition coefficient (Wildman–Crippen LogP) is 1.63. The van der Waals surface area contributed by atoms with Gasteiger partial charge >= 0.3 is 0 Å². The number of nitrogens with zero attached hydrogens (tertiary/aromatic N) is 8. The molecule has 7 rings (SSSR count). The zero-order chi connectivity index (χ0) is 24.7. The van der Waals surface area contributed by atoms with E-state index in [0.29, 0.717) is 23.7 Å². The summed E-state index contributed by atoms with van der Waals surface area (Å²) in [5, 5.41) is 18.9. The van der Waals surface area contributed by atoms with Crippen LogP contribution in [-0.4, -0.2) is 76.8 Å². The number of fused-ring (bicyclic) bond motifs is 3. The van der Waals surface area contributed by atoms with Crippen molar-refractivity contribution >= 4 is 33.2 Å². The number of hydrogen-bond donors (Lipinski definition) is 0. The minimum Gasteiger partial charge on any atom is -0.355 e. The zero-order valence-corrected chi connectivity index (χ0v) is 21.0. The van der Waals surface area contributed by atoms with E-state index < -0.39 is 9.84 Å². The van der Waals surface area contributed by atoms with Crippen molar-refractivity contribution in [1.29, 1.82) is 5.26 Å². The Labute approximate surface area is 213 Å². The summed E-state index contributed by atoms with van der Waals surface area (Å²) in [4.78, 5) is 11.1. The fraction of sp³-hybridized carbons (Fsp3) is 0.417. The highest BCUT2D eigenvalue weighted by atomic mass is 35.5. The molecule has 3 fully saturated rings. The van der Waals surface area contributed by atoms with Crippen molar-refractivity contribution in [2.24, 2.45) is 5.41 Å². The van der Waals surface area contributed by atoms with E-state index in [9.17, 15) is 8.42 Å². The Morgan fingerprint density at radius 3 is 2.56 bits per heavy atom. The Balaban J connectivity index is 1.13. The van der Waals surface area contributed by atoms with E-state index in [-0.39, 0.29) is 23.0 Å². The molecular formula is C24H23ClN8O2S. The van der Waals surface area contributed by atoms with Crippen LogP contribution < -0.4 is 9.80 Å². The number of benzene rings is 1. The maximum Gasteiger partial charge on any atom is 0.231 e. The molecule has 0 N–H and O–H groups in total. The first-order valence-electron chi connectivity index (χ1n) is 11.9. The van der Waals surface area contributed by atoms with Crippen molar-refractivity contribution in [2.45, 2.75) is 19.1 Å². The Kier molecular flexibility index (Phi) is 4.68. The molecule has 0 atom stereocenters. The quantitative estimate of drug-likeness (QED) is 0.506. The standard InChI is InChI=1S/C24H23ClN8O2S/c25-18-1-2-20-17(6-18)8-30(19-10-36(34,35)11-19)9-22-28-29-23(33(20)22)32-14-24(15-32)12-31(13-24)21-5-16(7-26)3-4-27-21/h1-6,19H,8-15H2. The minimum atomic E-state index is -2.94. The molecule has 3 aromatic rings. The molecule has 4 aliphatic heterocycles. The Morgan fingerprint density at radius 1 is 1.03 bits per heavy atom. The summed E-state index contributed by atoms with van der Waals surface area (Å²) < 4.78 is 25.8. The van der Waals surface area contributed by atoms with Crippen molar-refractivity contribution in [1.82, 2.24) is 24.6 Å². The van der Waals surface area contributed by atoms with E-state index in [1.807, 2.05) is 24.3 Å². The van der Waals surface area contributed by atoms with E-state index in [4.69, 9.17) is 16.9 Å². The lowest BCUT2D eigenvalue weighted by Crippen LogP contribution is -2.73. The van der Waals surface area contributed by atoms with Crippen LogP contribution in [0.25, 0.3) is 5.69 Å². The van der Waals surface area contributed by atoms with Crippen LogP contribution in [0.1, 0.15) is 17.0 Å². The number of nitriles is 1. The second-order valence-corrected chi connectivity index (χ2v) is 13.0. The molecule has 1 spiro atoms. The Bertz CT molecular complexity index is 1520. The largest absolute Gasteiger partial charge is 0.355 e. The van der Waals surface area contributed by atoms with E-state index in [2.05, 4.69) is 40.5 Å². The molecule has 0 bridgehead atoms. The molecule has 0 radical (unpaired) electrons. The van der Waals surface area contributed by atoms with E-state index in [1.54, 1.807) is 12.3 Å². The highest BCUT2D eigenvalue weighted by Crippen LogP contribution is 2.44. The van der Waals surface area contributed by atoms with Crippen LogP contribution in [0.3, 0.4) is 0 Å². The molecule has 0 saturated carbocycles. The molecule has 0 unspecified atom stereocenters. The third kappa shape index (κ3) is 3.47. The molecule has 0 amide bonds. The molecule has 3 saturated heterocycles. The van der Waals surface area contributed by atoms with Crippen LogP contribution in [0, 0.1) is 16.7 Å². The predicted molar refractivity (Wildman–Crippen MR) is 134 cm³/mol. The summed E-state index contributed by atoms with van der Waals surface area (Å²) >= 11 is 6.35. The topological polar surface area (TPSA) is 111 Å². The maximum absolute atomic E-state index is 11.8. The lowest BCUT2D eigenvalue weighted by molar-refractivity contribution is 0.153. The first-order chi connectivity index (χ1) is 17.3. The third-order valence-corrected chi connectivity index (χ3v) is 9.73. The van der Waals surface area contributed by atoms with Gasteiger partial charge in [-0.1, -0.05) is 11.6 Å². The highest BCUT2D eigenvalue weighted by molar-refractivity contribution is 7.92. The number of aromatic nitrogens is 4. The minimum absolute atomic E-state index is 0.0186. The summed E-state index contributed by atoms with van der Waals surface area (Å²) in [5.74, 6) is 2.83. The van der Waals surface area contributed by atoms with Crippen molar-refractivity contribution < 1.29 is 8.42 Å². The van der Waals surface area contributed by atoms with Crippen LogP contribution in [0.2, 0.25) is 5.02 Å². The van der Waals surface area contributed by atoms with Gasteiger partial charge in [0.1, 0.15) is 5.82 Å². The van der Waals surface area contributed by atoms with Gasteiger partial charge in [0.15, 0.2) is 15.7 Å². The number of halogens is 1. The van der Waals surface area contributed by atoms with Crippen LogP contribution in [0.5, 0.6) is 0 Å². The van der Waals surface area contributed by atoms with Crippen LogP contribution in [-0.2, 0) is 22.9 Å². The fourth-order valence-electron chi connectivity index (χ4n) is 5.91. The average molecular weight is 523 g/mol. The van der Waals surface area contributed by atoms with Gasteiger partial charge < -0.3 is 9.80 Å². The molecule has 36 heavy (non-hydrogen) atoms. The maximum atomic E-state index is 11.8. The van der Waals surface area contributed by atoms with Gasteiger partial charge in [-0.05, 0) is 35.9 Å². The normalized spacial score (nSPS) is 22.0. The van der Waals surface area contributed by atoms with Gasteiger partial charge in [-0.2, -0.15) is 5.26 Å². The second kappa shape index (κ2) is 7.65. The molecule has 0 aliphatic carbocycles. The van der Waals surface area contributed by atoms with E-state index in [1.165, 1.54) is 0 Å². The third-order valence-electron chi connectivity index (χ3n) is 7.71. The Hall–Kier alpha value is -3.20. The van der Waals surface area contributed by atoms with Gasteiger partial charge in [0, 0.05) is 55.4 Å². The van der Waals surface area contributed by atoms with Gasteiger partial charge in [0.2, 0.25) is 5.95 Å². The van der Waals surface area contributed by atoms with Crippen molar-refractivity contribution in [3.8, 4) is 11.8 Å². The zero-order valence-electron chi connectivity index (χ0n) is 19.4. The molecular weight excluding hydrogens is 500 g/mol. The molecule has 184 valence electrons. The first kappa shape index (κ1) is 22.0. The summed E-state index contributed by atoms with van der Waals surface area (Å²) in [6.45, 7) is 4.67. The number of anilines is 2. The lowest BCUT2D eigenvalue weighted by atomic mass is 9.73. The SMILES string of the molecule is N#Cc1ccnc(N2CC3(C2)CN(c2nnc4n2-c2ccc(Cl)cc2CN(C2CS(=O)(=O)C2)C4)C3)c1. The number of hydrogen-bond acceptors (Lipinski definition) is 9. The molecule has 6 heterocycles. The highest BCUT2D eigenvalue weighted by Gasteiger charge is 2.53. The molecule has 12 heteroatoms. The molecule has 4 aliphatic rings.